The van der Waals surface area contributed by atoms with E-state index in [0.29, 0.717) is 0 Å². The highest BCUT2D eigenvalue weighted by molar-refractivity contribution is 7.09. The molecular formula is C14H22N2OS. The van der Waals surface area contributed by atoms with E-state index in [1.54, 1.807) is 11.3 Å². The van der Waals surface area contributed by atoms with Crippen molar-refractivity contribution in [3.05, 3.63) is 22.4 Å². The summed E-state index contributed by atoms with van der Waals surface area (Å²) in [6.45, 7) is 4.72. The van der Waals surface area contributed by atoms with Crippen molar-refractivity contribution in [2.75, 3.05) is 19.6 Å². The predicted octanol–water partition coefficient (Wildman–Crippen LogP) is 2.19. The number of carbonyl (C=O) groups is 1. The fraction of sp³-hybridized carbons (Fsp3) is 0.643. The lowest BCUT2D eigenvalue weighted by atomic mass is 9.81. The van der Waals surface area contributed by atoms with E-state index in [1.165, 1.54) is 4.88 Å². The van der Waals surface area contributed by atoms with Crippen molar-refractivity contribution < 1.29 is 4.79 Å². The van der Waals surface area contributed by atoms with E-state index in [1.807, 2.05) is 0 Å². The minimum absolute atomic E-state index is 0.149. The van der Waals surface area contributed by atoms with E-state index < -0.39 is 0 Å². The monoisotopic (exact) mass is 266 g/mol. The molecule has 0 aliphatic carbocycles. The number of nitrogens with one attached hydrogen (secondary N) is 2. The Hall–Kier alpha value is -0.870. The van der Waals surface area contributed by atoms with Gasteiger partial charge in [0, 0.05) is 18.0 Å². The van der Waals surface area contributed by atoms with Gasteiger partial charge >= 0.3 is 0 Å². The van der Waals surface area contributed by atoms with Crippen LogP contribution < -0.4 is 10.6 Å². The van der Waals surface area contributed by atoms with Crippen LogP contribution in [-0.2, 0) is 11.2 Å². The molecule has 0 spiro atoms. The molecule has 0 radical (unpaired) electrons. The second kappa shape index (κ2) is 6.34. The second-order valence-corrected chi connectivity index (χ2v) is 6.07. The fourth-order valence-corrected chi connectivity index (χ4v) is 3.39. The van der Waals surface area contributed by atoms with Gasteiger partial charge in [0.05, 0.1) is 5.41 Å². The molecule has 18 heavy (non-hydrogen) atoms. The smallest absolute Gasteiger partial charge is 0.227 e. The second-order valence-electron chi connectivity index (χ2n) is 5.04. The van der Waals surface area contributed by atoms with Gasteiger partial charge in [-0.3, -0.25) is 4.79 Å². The van der Waals surface area contributed by atoms with Gasteiger partial charge in [-0.2, -0.15) is 0 Å². The number of hydrogen-bond acceptors (Lipinski definition) is 3. The molecule has 3 nitrogen and oxygen atoms in total. The van der Waals surface area contributed by atoms with Crippen LogP contribution in [0.1, 0.15) is 31.1 Å². The Labute approximate surface area is 113 Å². The Morgan fingerprint density at radius 2 is 2.50 bits per heavy atom. The van der Waals surface area contributed by atoms with Gasteiger partial charge in [0.2, 0.25) is 5.91 Å². The maximum absolute atomic E-state index is 12.3. The van der Waals surface area contributed by atoms with Gasteiger partial charge in [-0.25, -0.2) is 0 Å². The van der Waals surface area contributed by atoms with Crippen LogP contribution in [-0.4, -0.2) is 25.5 Å². The topological polar surface area (TPSA) is 41.1 Å². The van der Waals surface area contributed by atoms with E-state index in [0.717, 1.165) is 45.3 Å². The van der Waals surface area contributed by atoms with Crippen molar-refractivity contribution in [2.45, 2.75) is 32.6 Å². The van der Waals surface area contributed by atoms with Gasteiger partial charge in [0.1, 0.15) is 0 Å². The summed E-state index contributed by atoms with van der Waals surface area (Å²) in [4.78, 5) is 13.7. The summed E-state index contributed by atoms with van der Waals surface area (Å²) >= 11 is 1.75. The summed E-state index contributed by atoms with van der Waals surface area (Å²) in [7, 11) is 0. The highest BCUT2D eigenvalue weighted by atomic mass is 32.1. The third kappa shape index (κ3) is 3.12. The molecule has 4 heteroatoms. The molecule has 1 saturated heterocycles. The van der Waals surface area contributed by atoms with Crippen LogP contribution in [0.3, 0.4) is 0 Å². The highest BCUT2D eigenvalue weighted by Gasteiger charge is 2.39. The molecule has 0 bridgehead atoms. The summed E-state index contributed by atoms with van der Waals surface area (Å²) in [6, 6.07) is 4.18. The standard InChI is InChI=1S/C14H22N2OS/c1-2-6-14(7-9-15-11-14)13(17)16-8-5-12-4-3-10-18-12/h3-4,10,15H,2,5-9,11H2,1H3,(H,16,17). The Bertz CT molecular complexity index is 369. The summed E-state index contributed by atoms with van der Waals surface area (Å²) < 4.78 is 0. The van der Waals surface area contributed by atoms with Gasteiger partial charge in [-0.1, -0.05) is 19.4 Å². The van der Waals surface area contributed by atoms with Crippen LogP contribution in [0.15, 0.2) is 17.5 Å². The normalized spacial score (nSPS) is 23.2. The van der Waals surface area contributed by atoms with E-state index >= 15 is 0 Å². The van der Waals surface area contributed by atoms with Gasteiger partial charge < -0.3 is 10.6 Å². The van der Waals surface area contributed by atoms with Crippen molar-refractivity contribution in [1.29, 1.82) is 0 Å². The zero-order valence-electron chi connectivity index (χ0n) is 11.0. The van der Waals surface area contributed by atoms with Crippen LogP contribution in [0.2, 0.25) is 0 Å². The molecule has 1 atom stereocenters. The first kappa shape index (κ1) is 13.6. The quantitative estimate of drug-likeness (QED) is 0.828. The number of thiophene rings is 1. The molecule has 2 heterocycles. The first-order chi connectivity index (χ1) is 8.77. The summed E-state index contributed by atoms with van der Waals surface area (Å²) in [5.41, 5.74) is -0.149. The minimum Gasteiger partial charge on any atom is -0.355 e. The number of amides is 1. The number of rotatable bonds is 6. The lowest BCUT2D eigenvalue weighted by Crippen LogP contribution is -2.43. The minimum atomic E-state index is -0.149. The molecule has 1 aromatic heterocycles. The molecule has 2 rings (SSSR count). The maximum atomic E-state index is 12.3. The Morgan fingerprint density at radius 1 is 1.61 bits per heavy atom. The molecule has 0 aromatic carbocycles. The largest absolute Gasteiger partial charge is 0.355 e. The zero-order valence-corrected chi connectivity index (χ0v) is 11.8. The van der Waals surface area contributed by atoms with Gasteiger partial charge in [0.25, 0.3) is 0 Å². The molecule has 1 aromatic rings. The van der Waals surface area contributed by atoms with Crippen molar-refractivity contribution in [1.82, 2.24) is 10.6 Å². The summed E-state index contributed by atoms with van der Waals surface area (Å²) in [5, 5.41) is 8.52. The van der Waals surface area contributed by atoms with E-state index in [9.17, 15) is 4.79 Å². The van der Waals surface area contributed by atoms with Crippen LogP contribution in [0.4, 0.5) is 0 Å². The van der Waals surface area contributed by atoms with Gasteiger partial charge in [0.15, 0.2) is 0 Å². The lowest BCUT2D eigenvalue weighted by Gasteiger charge is -2.26. The highest BCUT2D eigenvalue weighted by Crippen LogP contribution is 2.31. The van der Waals surface area contributed by atoms with Crippen molar-refractivity contribution in [3.63, 3.8) is 0 Å². The molecular weight excluding hydrogens is 244 g/mol. The molecule has 1 aliphatic rings. The van der Waals surface area contributed by atoms with Crippen LogP contribution in [0.25, 0.3) is 0 Å². The van der Waals surface area contributed by atoms with Gasteiger partial charge in [-0.15, -0.1) is 11.3 Å². The third-order valence-electron chi connectivity index (χ3n) is 3.69. The fourth-order valence-electron chi connectivity index (χ4n) is 2.68. The van der Waals surface area contributed by atoms with Crippen LogP contribution in [0.5, 0.6) is 0 Å². The number of carbonyl (C=O) groups excluding carboxylic acids is 1. The van der Waals surface area contributed by atoms with Crippen molar-refractivity contribution in [3.8, 4) is 0 Å². The first-order valence-corrected chi connectivity index (χ1v) is 7.66. The van der Waals surface area contributed by atoms with E-state index in [-0.39, 0.29) is 11.3 Å². The molecule has 0 saturated carbocycles. The van der Waals surface area contributed by atoms with Gasteiger partial charge in [-0.05, 0) is 37.3 Å². The molecule has 1 aliphatic heterocycles. The first-order valence-electron chi connectivity index (χ1n) is 6.78. The summed E-state index contributed by atoms with van der Waals surface area (Å²) in [5.74, 6) is 0.242. The molecule has 100 valence electrons. The number of hydrogen-bond donors (Lipinski definition) is 2. The molecule has 1 unspecified atom stereocenters. The predicted molar refractivity (Wildman–Crippen MR) is 75.9 cm³/mol. The molecule has 1 amide bonds. The van der Waals surface area contributed by atoms with E-state index in [4.69, 9.17) is 0 Å². The Morgan fingerprint density at radius 3 is 3.11 bits per heavy atom. The third-order valence-corrected chi connectivity index (χ3v) is 4.63. The Balaban J connectivity index is 1.82. The Kier molecular flexibility index (Phi) is 4.78. The average molecular weight is 266 g/mol. The zero-order chi connectivity index (χ0) is 12.8. The van der Waals surface area contributed by atoms with Crippen LogP contribution >= 0.6 is 11.3 Å². The van der Waals surface area contributed by atoms with Crippen LogP contribution in [0, 0.1) is 5.41 Å². The molecule has 2 N–H and O–H groups in total. The SMILES string of the molecule is CCCC1(C(=O)NCCc2cccs2)CCNC1. The van der Waals surface area contributed by atoms with E-state index in [2.05, 4.69) is 35.1 Å². The lowest BCUT2D eigenvalue weighted by molar-refractivity contribution is -0.130. The average Bonchev–Trinajstić information content (AvgIpc) is 3.01. The summed E-state index contributed by atoms with van der Waals surface area (Å²) in [6.07, 6.45) is 3.98. The molecule has 1 fully saturated rings. The van der Waals surface area contributed by atoms with Crippen molar-refractivity contribution >= 4 is 17.2 Å². The van der Waals surface area contributed by atoms with Crippen molar-refractivity contribution in [2.24, 2.45) is 5.41 Å². The maximum Gasteiger partial charge on any atom is 0.227 e.